The number of carbonyl (C=O) groups excluding carboxylic acids is 1. The summed E-state index contributed by atoms with van der Waals surface area (Å²) in [7, 11) is 0. The predicted molar refractivity (Wildman–Crippen MR) is 55.5 cm³/mol. The van der Waals surface area contributed by atoms with E-state index < -0.39 is 5.60 Å². The third-order valence-electron chi connectivity index (χ3n) is 1.55. The minimum Gasteiger partial charge on any atom is -0.506 e. The van der Waals surface area contributed by atoms with E-state index in [0.29, 0.717) is 5.56 Å². The molecule has 0 aliphatic carbocycles. The van der Waals surface area contributed by atoms with E-state index in [1.165, 1.54) is 18.5 Å². The van der Waals surface area contributed by atoms with Crippen molar-refractivity contribution in [1.82, 2.24) is 4.98 Å². The maximum absolute atomic E-state index is 11.4. The van der Waals surface area contributed by atoms with Crippen LogP contribution < -0.4 is 0 Å². The van der Waals surface area contributed by atoms with Crippen molar-refractivity contribution < 1.29 is 14.6 Å². The molecule has 0 fully saturated rings. The molecule has 0 radical (unpaired) electrons. The maximum atomic E-state index is 11.4. The van der Waals surface area contributed by atoms with Gasteiger partial charge in [0.15, 0.2) is 0 Å². The summed E-state index contributed by atoms with van der Waals surface area (Å²) in [4.78, 5) is 15.2. The van der Waals surface area contributed by atoms with Gasteiger partial charge in [0, 0.05) is 6.20 Å². The van der Waals surface area contributed by atoms with Crippen LogP contribution in [0.4, 0.5) is 0 Å². The third-order valence-corrected chi connectivity index (χ3v) is 1.55. The van der Waals surface area contributed by atoms with Crippen molar-refractivity contribution in [3.05, 3.63) is 24.0 Å². The van der Waals surface area contributed by atoms with Gasteiger partial charge >= 0.3 is 5.97 Å². The molecule has 0 amide bonds. The van der Waals surface area contributed by atoms with Gasteiger partial charge in [0.1, 0.15) is 11.4 Å². The lowest BCUT2D eigenvalue weighted by Gasteiger charge is -2.19. The van der Waals surface area contributed by atoms with Gasteiger partial charge in [-0.05, 0) is 32.4 Å². The highest BCUT2D eigenvalue weighted by molar-refractivity contribution is 5.72. The van der Waals surface area contributed by atoms with Gasteiger partial charge in [-0.2, -0.15) is 0 Å². The normalized spacial score (nSPS) is 11.1. The van der Waals surface area contributed by atoms with Crippen LogP contribution in [-0.4, -0.2) is 21.7 Å². The molecule has 0 saturated carbocycles. The van der Waals surface area contributed by atoms with Crippen molar-refractivity contribution in [2.45, 2.75) is 32.8 Å². The molecule has 82 valence electrons. The topological polar surface area (TPSA) is 59.4 Å². The molecule has 15 heavy (non-hydrogen) atoms. The van der Waals surface area contributed by atoms with Crippen molar-refractivity contribution in [2.75, 3.05) is 0 Å². The van der Waals surface area contributed by atoms with E-state index in [4.69, 9.17) is 9.84 Å². The zero-order valence-corrected chi connectivity index (χ0v) is 9.15. The van der Waals surface area contributed by atoms with Crippen LogP contribution in [0.15, 0.2) is 18.5 Å². The largest absolute Gasteiger partial charge is 0.506 e. The van der Waals surface area contributed by atoms with Crippen LogP contribution in [0, 0.1) is 0 Å². The number of rotatable bonds is 2. The summed E-state index contributed by atoms with van der Waals surface area (Å²) in [6.07, 6.45) is 2.97. The van der Waals surface area contributed by atoms with E-state index in [9.17, 15) is 4.79 Å². The lowest BCUT2D eigenvalue weighted by Crippen LogP contribution is -2.24. The molecule has 0 saturated heterocycles. The molecule has 0 aromatic carbocycles. The minimum atomic E-state index is -0.485. The zero-order valence-electron chi connectivity index (χ0n) is 9.15. The molecule has 1 rings (SSSR count). The fourth-order valence-electron chi connectivity index (χ4n) is 1.11. The molecule has 1 aromatic heterocycles. The lowest BCUT2D eigenvalue weighted by molar-refractivity contribution is -0.153. The molecule has 0 aliphatic heterocycles. The fraction of sp³-hybridized carbons (Fsp3) is 0.455. The Bertz CT molecular complexity index is 355. The second kappa shape index (κ2) is 4.29. The molecule has 4 nitrogen and oxygen atoms in total. The van der Waals surface area contributed by atoms with Crippen LogP contribution >= 0.6 is 0 Å². The molecule has 1 N–H and O–H groups in total. The Kier molecular flexibility index (Phi) is 3.29. The zero-order chi connectivity index (χ0) is 11.5. The summed E-state index contributed by atoms with van der Waals surface area (Å²) in [5, 5.41) is 9.14. The van der Waals surface area contributed by atoms with E-state index >= 15 is 0 Å². The highest BCUT2D eigenvalue weighted by atomic mass is 16.6. The van der Waals surface area contributed by atoms with Crippen LogP contribution in [-0.2, 0) is 16.0 Å². The fourth-order valence-corrected chi connectivity index (χ4v) is 1.11. The monoisotopic (exact) mass is 209 g/mol. The van der Waals surface area contributed by atoms with Crippen LogP contribution in [0.2, 0.25) is 0 Å². The molecule has 0 unspecified atom stereocenters. The highest BCUT2D eigenvalue weighted by Crippen LogP contribution is 2.12. The quantitative estimate of drug-likeness (QED) is 0.753. The average Bonchev–Trinajstić information content (AvgIpc) is 1.99. The number of ether oxygens (including phenoxy) is 1. The number of aromatic nitrogens is 1. The molecular formula is C11H15NO3. The van der Waals surface area contributed by atoms with Crippen molar-refractivity contribution in [2.24, 2.45) is 0 Å². The predicted octanol–water partition coefficient (Wildman–Crippen LogP) is 1.67. The second-order valence-electron chi connectivity index (χ2n) is 4.31. The first-order chi connectivity index (χ1) is 6.87. The van der Waals surface area contributed by atoms with E-state index in [-0.39, 0.29) is 18.1 Å². The first kappa shape index (κ1) is 11.5. The van der Waals surface area contributed by atoms with Gasteiger partial charge in [-0.3, -0.25) is 9.78 Å². The number of esters is 1. The summed E-state index contributed by atoms with van der Waals surface area (Å²) in [6.45, 7) is 5.43. The Balaban J connectivity index is 2.59. The number of hydrogen-bond acceptors (Lipinski definition) is 4. The number of aromatic hydroxyl groups is 1. The summed E-state index contributed by atoms with van der Waals surface area (Å²) >= 11 is 0. The maximum Gasteiger partial charge on any atom is 0.310 e. The van der Waals surface area contributed by atoms with Gasteiger partial charge in [0.05, 0.1) is 12.6 Å². The number of hydrogen-bond donors (Lipinski definition) is 1. The number of pyridine rings is 1. The van der Waals surface area contributed by atoms with E-state index in [0.717, 1.165) is 0 Å². The van der Waals surface area contributed by atoms with Gasteiger partial charge in [-0.15, -0.1) is 0 Å². The van der Waals surface area contributed by atoms with E-state index in [1.807, 2.05) is 20.8 Å². The van der Waals surface area contributed by atoms with Crippen LogP contribution in [0.3, 0.4) is 0 Å². The lowest BCUT2D eigenvalue weighted by atomic mass is 10.1. The first-order valence-electron chi connectivity index (χ1n) is 4.71. The third kappa shape index (κ3) is 4.44. The average molecular weight is 209 g/mol. The van der Waals surface area contributed by atoms with Crippen molar-refractivity contribution in [3.8, 4) is 5.75 Å². The van der Waals surface area contributed by atoms with E-state index in [2.05, 4.69) is 4.98 Å². The summed E-state index contributed by atoms with van der Waals surface area (Å²) < 4.78 is 5.13. The van der Waals surface area contributed by atoms with Gasteiger partial charge in [-0.25, -0.2) is 0 Å². The van der Waals surface area contributed by atoms with Gasteiger partial charge in [-0.1, -0.05) is 0 Å². The van der Waals surface area contributed by atoms with Crippen LogP contribution in [0.25, 0.3) is 0 Å². The Morgan fingerprint density at radius 2 is 2.13 bits per heavy atom. The first-order valence-corrected chi connectivity index (χ1v) is 4.71. The van der Waals surface area contributed by atoms with Crippen molar-refractivity contribution in [1.29, 1.82) is 0 Å². The SMILES string of the molecule is CC(C)(C)OC(=O)Cc1cncc(O)c1. The van der Waals surface area contributed by atoms with E-state index in [1.54, 1.807) is 0 Å². The summed E-state index contributed by atoms with van der Waals surface area (Å²) in [5.41, 5.74) is 0.158. The van der Waals surface area contributed by atoms with Gasteiger partial charge in [0.25, 0.3) is 0 Å². The van der Waals surface area contributed by atoms with Gasteiger partial charge < -0.3 is 9.84 Å². The molecule has 1 aromatic rings. The molecule has 4 heteroatoms. The molecule has 0 atom stereocenters. The Labute approximate surface area is 88.9 Å². The van der Waals surface area contributed by atoms with Gasteiger partial charge in [0.2, 0.25) is 0 Å². The summed E-state index contributed by atoms with van der Waals surface area (Å²) in [6, 6.07) is 1.50. The number of carbonyl (C=O) groups is 1. The van der Waals surface area contributed by atoms with Crippen molar-refractivity contribution >= 4 is 5.97 Å². The summed E-state index contributed by atoms with van der Waals surface area (Å²) in [5.74, 6) is -0.272. The Morgan fingerprint density at radius 3 is 2.67 bits per heavy atom. The molecule has 0 aliphatic rings. The smallest absolute Gasteiger partial charge is 0.310 e. The van der Waals surface area contributed by atoms with Crippen molar-refractivity contribution in [3.63, 3.8) is 0 Å². The molecule has 0 spiro atoms. The minimum absolute atomic E-state index is 0.0519. The molecular weight excluding hydrogens is 194 g/mol. The second-order valence-corrected chi connectivity index (χ2v) is 4.31. The Hall–Kier alpha value is -1.58. The molecule has 1 heterocycles. The Morgan fingerprint density at radius 1 is 1.47 bits per heavy atom. The standard InChI is InChI=1S/C11H15NO3/c1-11(2,3)15-10(14)5-8-4-9(13)7-12-6-8/h4,6-7,13H,5H2,1-3H3. The van der Waals surface area contributed by atoms with Crippen LogP contribution in [0.1, 0.15) is 26.3 Å². The van der Waals surface area contributed by atoms with Crippen LogP contribution in [0.5, 0.6) is 5.75 Å². The molecule has 0 bridgehead atoms. The number of nitrogens with zero attached hydrogens (tertiary/aromatic N) is 1. The highest BCUT2D eigenvalue weighted by Gasteiger charge is 2.16.